The summed E-state index contributed by atoms with van der Waals surface area (Å²) < 4.78 is 5.92. The highest BCUT2D eigenvalue weighted by atomic mass is 35.5. The first-order chi connectivity index (χ1) is 10.3. The molecule has 0 aliphatic rings. The lowest BCUT2D eigenvalue weighted by Crippen LogP contribution is -2.13. The van der Waals surface area contributed by atoms with Gasteiger partial charge in [0.05, 0.1) is 11.6 Å². The largest absolute Gasteiger partial charge is 0.492 e. The first kappa shape index (κ1) is 18.3. The molecule has 1 rings (SSSR count). The predicted molar refractivity (Wildman–Crippen MR) is 92.3 cm³/mol. The van der Waals surface area contributed by atoms with E-state index in [9.17, 15) is 0 Å². The quantitative estimate of drug-likeness (QED) is 0.509. The van der Waals surface area contributed by atoms with Gasteiger partial charge in [0, 0.05) is 12.1 Å². The van der Waals surface area contributed by atoms with Crippen molar-refractivity contribution in [3.8, 4) is 5.75 Å². The third-order valence-corrected chi connectivity index (χ3v) is 3.91. The van der Waals surface area contributed by atoms with Crippen LogP contribution in [0.3, 0.4) is 0 Å². The van der Waals surface area contributed by atoms with Gasteiger partial charge in [-0.15, -0.1) is 0 Å². The smallest absolute Gasteiger partial charge is 0.142 e. The van der Waals surface area contributed by atoms with Gasteiger partial charge >= 0.3 is 0 Å². The Balaban J connectivity index is 2.27. The van der Waals surface area contributed by atoms with Crippen molar-refractivity contribution >= 4 is 11.6 Å². The van der Waals surface area contributed by atoms with E-state index < -0.39 is 0 Å². The van der Waals surface area contributed by atoms with E-state index in [1.54, 1.807) is 0 Å². The van der Waals surface area contributed by atoms with Crippen molar-refractivity contribution in [3.63, 3.8) is 0 Å². The number of para-hydroxylation sites is 1. The van der Waals surface area contributed by atoms with Gasteiger partial charge in [-0.1, -0.05) is 76.1 Å². The molecule has 21 heavy (non-hydrogen) atoms. The van der Waals surface area contributed by atoms with E-state index in [0.717, 1.165) is 37.4 Å². The van der Waals surface area contributed by atoms with Gasteiger partial charge in [-0.05, 0) is 19.0 Å². The molecule has 1 aromatic rings. The molecule has 0 heterocycles. The number of hydrogen-bond acceptors (Lipinski definition) is 2. The Hall–Kier alpha value is -0.730. The van der Waals surface area contributed by atoms with E-state index in [4.69, 9.17) is 16.3 Å². The number of unbranched alkanes of at least 4 members (excludes halogenated alkanes) is 6. The van der Waals surface area contributed by atoms with Gasteiger partial charge in [0.15, 0.2) is 0 Å². The van der Waals surface area contributed by atoms with Crippen LogP contribution in [0.5, 0.6) is 5.75 Å². The summed E-state index contributed by atoms with van der Waals surface area (Å²) in [7, 11) is 0. The van der Waals surface area contributed by atoms with Crippen LogP contribution in [0.4, 0.5) is 0 Å². The van der Waals surface area contributed by atoms with Crippen LogP contribution in [-0.2, 0) is 6.54 Å². The van der Waals surface area contributed by atoms with Crippen molar-refractivity contribution < 1.29 is 4.74 Å². The Morgan fingerprint density at radius 2 is 1.71 bits per heavy atom. The third-order valence-electron chi connectivity index (χ3n) is 3.61. The van der Waals surface area contributed by atoms with E-state index in [1.807, 2.05) is 12.1 Å². The van der Waals surface area contributed by atoms with Gasteiger partial charge in [-0.3, -0.25) is 0 Å². The highest BCUT2D eigenvalue weighted by Crippen LogP contribution is 2.28. The van der Waals surface area contributed by atoms with Crippen LogP contribution >= 0.6 is 11.6 Å². The zero-order chi connectivity index (χ0) is 15.3. The number of nitrogens with one attached hydrogen (secondary N) is 1. The van der Waals surface area contributed by atoms with Crippen LogP contribution in [-0.4, -0.2) is 13.2 Å². The molecule has 1 aromatic carbocycles. The lowest BCUT2D eigenvalue weighted by molar-refractivity contribution is 0.301. The molecule has 0 atom stereocenters. The lowest BCUT2D eigenvalue weighted by Gasteiger charge is -2.13. The van der Waals surface area contributed by atoms with E-state index >= 15 is 0 Å². The van der Waals surface area contributed by atoms with Gasteiger partial charge in [-0.25, -0.2) is 0 Å². The molecule has 120 valence electrons. The van der Waals surface area contributed by atoms with Crippen LogP contribution < -0.4 is 10.1 Å². The normalized spacial score (nSPS) is 10.8. The van der Waals surface area contributed by atoms with Crippen LogP contribution in [0.25, 0.3) is 0 Å². The molecule has 0 aliphatic heterocycles. The molecule has 0 unspecified atom stereocenters. The maximum atomic E-state index is 6.25. The van der Waals surface area contributed by atoms with Crippen LogP contribution in [0.2, 0.25) is 5.02 Å². The molecule has 3 heteroatoms. The summed E-state index contributed by atoms with van der Waals surface area (Å²) in [5, 5.41) is 4.04. The Morgan fingerprint density at radius 1 is 1.00 bits per heavy atom. The molecule has 2 nitrogen and oxygen atoms in total. The molecular formula is C18H30ClNO. The fourth-order valence-electron chi connectivity index (χ4n) is 2.35. The molecule has 1 N–H and O–H groups in total. The highest BCUT2D eigenvalue weighted by molar-refractivity contribution is 6.32. The number of ether oxygens (including phenoxy) is 1. The average molecular weight is 312 g/mol. The van der Waals surface area contributed by atoms with Crippen molar-refractivity contribution in [2.24, 2.45) is 0 Å². The van der Waals surface area contributed by atoms with Crippen molar-refractivity contribution in [2.45, 2.75) is 65.3 Å². The molecule has 0 bridgehead atoms. The summed E-state index contributed by atoms with van der Waals surface area (Å²) in [6.07, 6.45) is 9.07. The van der Waals surface area contributed by atoms with E-state index in [2.05, 4.69) is 25.2 Å². The minimum atomic E-state index is 0.716. The Labute approximate surface area is 135 Å². The summed E-state index contributed by atoms with van der Waals surface area (Å²) in [4.78, 5) is 0. The van der Waals surface area contributed by atoms with E-state index in [1.165, 1.54) is 38.5 Å². The number of benzene rings is 1. The molecule has 0 fully saturated rings. The molecule has 0 aromatic heterocycles. The van der Waals surface area contributed by atoms with Crippen molar-refractivity contribution in [1.82, 2.24) is 5.32 Å². The third kappa shape index (κ3) is 7.73. The Kier molecular flexibility index (Phi) is 10.4. The minimum absolute atomic E-state index is 0.716. The summed E-state index contributed by atoms with van der Waals surface area (Å²) in [6, 6.07) is 5.96. The summed E-state index contributed by atoms with van der Waals surface area (Å²) in [6.45, 7) is 6.87. The summed E-state index contributed by atoms with van der Waals surface area (Å²) in [5.41, 5.74) is 1.15. The Bertz CT molecular complexity index is 381. The van der Waals surface area contributed by atoms with E-state index in [-0.39, 0.29) is 0 Å². The van der Waals surface area contributed by atoms with E-state index in [0.29, 0.717) is 5.02 Å². The highest BCUT2D eigenvalue weighted by Gasteiger charge is 2.07. The fraction of sp³-hybridized carbons (Fsp3) is 0.667. The second-order valence-corrected chi connectivity index (χ2v) is 5.89. The topological polar surface area (TPSA) is 21.3 Å². The second-order valence-electron chi connectivity index (χ2n) is 5.48. The Morgan fingerprint density at radius 3 is 2.43 bits per heavy atom. The number of halogens is 1. The lowest BCUT2D eigenvalue weighted by atomic mass is 10.1. The predicted octanol–water partition coefficient (Wildman–Crippen LogP) is 5.58. The van der Waals surface area contributed by atoms with Crippen LogP contribution in [0, 0.1) is 0 Å². The monoisotopic (exact) mass is 311 g/mol. The summed E-state index contributed by atoms with van der Waals surface area (Å²) >= 11 is 6.25. The van der Waals surface area contributed by atoms with Crippen molar-refractivity contribution in [3.05, 3.63) is 28.8 Å². The zero-order valence-electron chi connectivity index (χ0n) is 13.6. The van der Waals surface area contributed by atoms with Gasteiger partial charge in [0.25, 0.3) is 0 Å². The molecule has 0 saturated carbocycles. The molecule has 0 aliphatic carbocycles. The van der Waals surface area contributed by atoms with Crippen molar-refractivity contribution in [1.29, 1.82) is 0 Å². The standard InChI is InChI=1S/C18H30ClNO/c1-3-5-6-7-8-9-10-14-21-18-16(15-20-4-2)12-11-13-17(18)19/h11-13,20H,3-10,14-15H2,1-2H3. The van der Waals surface area contributed by atoms with Gasteiger partial charge < -0.3 is 10.1 Å². The SMILES string of the molecule is CCCCCCCCCOc1c(Cl)cccc1CNCC. The molecule has 0 radical (unpaired) electrons. The van der Waals surface area contributed by atoms with Crippen molar-refractivity contribution in [2.75, 3.05) is 13.2 Å². The number of rotatable bonds is 12. The van der Waals surface area contributed by atoms with Crippen LogP contribution in [0.15, 0.2) is 18.2 Å². The first-order valence-corrected chi connectivity index (χ1v) is 8.78. The second kappa shape index (κ2) is 11.9. The van der Waals surface area contributed by atoms with Crippen LogP contribution in [0.1, 0.15) is 64.4 Å². The van der Waals surface area contributed by atoms with Gasteiger partial charge in [-0.2, -0.15) is 0 Å². The first-order valence-electron chi connectivity index (χ1n) is 8.40. The fourth-order valence-corrected chi connectivity index (χ4v) is 2.60. The number of hydrogen-bond donors (Lipinski definition) is 1. The maximum Gasteiger partial charge on any atom is 0.142 e. The summed E-state index contributed by atoms with van der Waals surface area (Å²) in [5.74, 6) is 0.853. The average Bonchev–Trinajstić information content (AvgIpc) is 2.49. The van der Waals surface area contributed by atoms with Gasteiger partial charge in [0.1, 0.15) is 5.75 Å². The van der Waals surface area contributed by atoms with Gasteiger partial charge in [0.2, 0.25) is 0 Å². The molecular weight excluding hydrogens is 282 g/mol. The molecule has 0 spiro atoms. The molecule has 0 amide bonds. The minimum Gasteiger partial charge on any atom is -0.492 e. The molecule has 0 saturated heterocycles. The maximum absolute atomic E-state index is 6.25. The zero-order valence-corrected chi connectivity index (χ0v) is 14.3.